The average molecular weight is 262 g/mol. The van der Waals surface area contributed by atoms with Crippen LogP contribution in [0.1, 0.15) is 21.7 Å². The number of ketones is 1. The molecule has 0 aliphatic carbocycles. The van der Waals surface area contributed by atoms with Gasteiger partial charge in [0.1, 0.15) is 5.69 Å². The summed E-state index contributed by atoms with van der Waals surface area (Å²) in [5.74, 6) is -0.00569. The molecule has 3 aromatic rings. The molecule has 3 rings (SSSR count). The molecule has 0 radical (unpaired) electrons. The van der Waals surface area contributed by atoms with Crippen LogP contribution in [0.25, 0.3) is 10.8 Å². The monoisotopic (exact) mass is 262 g/mol. The Hall–Kier alpha value is -2.55. The van der Waals surface area contributed by atoms with Crippen LogP contribution in [0.4, 0.5) is 0 Å². The second-order valence-electron chi connectivity index (χ2n) is 4.78. The molecule has 1 aromatic heterocycles. The third kappa shape index (κ3) is 2.43. The molecule has 0 N–H and O–H groups in total. The summed E-state index contributed by atoms with van der Waals surface area (Å²) in [7, 11) is 0. The lowest BCUT2D eigenvalue weighted by molar-refractivity contribution is 0.0988. The molecule has 0 spiro atoms. The highest BCUT2D eigenvalue weighted by Gasteiger charge is 2.10. The van der Waals surface area contributed by atoms with Gasteiger partial charge in [0.15, 0.2) is 5.78 Å². The molecule has 3 nitrogen and oxygen atoms in total. The molecule has 2 aromatic carbocycles. The first kappa shape index (κ1) is 12.5. The van der Waals surface area contributed by atoms with Gasteiger partial charge in [-0.3, -0.25) is 9.78 Å². The van der Waals surface area contributed by atoms with E-state index in [1.807, 2.05) is 37.3 Å². The quantitative estimate of drug-likeness (QED) is 0.680. The van der Waals surface area contributed by atoms with Crippen molar-refractivity contribution in [3.05, 3.63) is 71.8 Å². The standard InChI is InChI=1S/C17H14N2O/c1-12-10-19-16(11-18-12)17(20)9-14-7-4-6-13-5-2-3-8-15(13)14/h2-8,10-11H,9H2,1H3. The normalized spacial score (nSPS) is 10.7. The SMILES string of the molecule is Cc1cnc(C(=O)Cc2cccc3ccccc23)cn1. The zero-order chi connectivity index (χ0) is 13.9. The van der Waals surface area contributed by atoms with Gasteiger partial charge in [-0.25, -0.2) is 4.98 Å². The number of hydrogen-bond acceptors (Lipinski definition) is 3. The summed E-state index contributed by atoms with van der Waals surface area (Å²) in [5.41, 5.74) is 2.26. The molecule has 0 atom stereocenters. The Morgan fingerprint density at radius 3 is 2.60 bits per heavy atom. The van der Waals surface area contributed by atoms with E-state index in [9.17, 15) is 4.79 Å². The van der Waals surface area contributed by atoms with Gasteiger partial charge >= 0.3 is 0 Å². The summed E-state index contributed by atoms with van der Waals surface area (Å²) in [6.45, 7) is 1.85. The van der Waals surface area contributed by atoms with Gasteiger partial charge in [-0.2, -0.15) is 0 Å². The highest BCUT2D eigenvalue weighted by molar-refractivity contribution is 5.98. The summed E-state index contributed by atoms with van der Waals surface area (Å²) in [5, 5.41) is 2.26. The van der Waals surface area contributed by atoms with E-state index in [2.05, 4.69) is 22.1 Å². The molecule has 0 bridgehead atoms. The van der Waals surface area contributed by atoms with Crippen molar-refractivity contribution in [1.29, 1.82) is 0 Å². The van der Waals surface area contributed by atoms with Gasteiger partial charge in [-0.1, -0.05) is 42.5 Å². The van der Waals surface area contributed by atoms with E-state index in [0.717, 1.165) is 22.0 Å². The minimum atomic E-state index is -0.00569. The molecule has 0 aliphatic rings. The van der Waals surface area contributed by atoms with Gasteiger partial charge in [-0.05, 0) is 23.3 Å². The molecule has 0 saturated carbocycles. The number of benzene rings is 2. The average Bonchev–Trinajstić information content (AvgIpc) is 2.48. The molecule has 0 saturated heterocycles. The van der Waals surface area contributed by atoms with Crippen molar-refractivity contribution < 1.29 is 4.79 Å². The minimum Gasteiger partial charge on any atom is -0.292 e. The third-order valence-corrected chi connectivity index (χ3v) is 3.30. The first-order valence-electron chi connectivity index (χ1n) is 6.52. The fourth-order valence-electron chi connectivity index (χ4n) is 2.25. The number of carbonyl (C=O) groups is 1. The summed E-state index contributed by atoms with van der Waals surface area (Å²) < 4.78 is 0. The largest absolute Gasteiger partial charge is 0.292 e. The van der Waals surface area contributed by atoms with E-state index in [4.69, 9.17) is 0 Å². The molecule has 0 unspecified atom stereocenters. The Kier molecular flexibility index (Phi) is 3.25. The second kappa shape index (κ2) is 5.21. The first-order valence-corrected chi connectivity index (χ1v) is 6.52. The van der Waals surface area contributed by atoms with Crippen molar-refractivity contribution in [3.63, 3.8) is 0 Å². The van der Waals surface area contributed by atoms with Gasteiger partial charge in [0.05, 0.1) is 11.9 Å². The fourth-order valence-corrected chi connectivity index (χ4v) is 2.25. The van der Waals surface area contributed by atoms with Crippen LogP contribution in [0.5, 0.6) is 0 Å². The molecule has 0 aliphatic heterocycles. The smallest absolute Gasteiger partial charge is 0.187 e. The van der Waals surface area contributed by atoms with Gasteiger partial charge in [0.25, 0.3) is 0 Å². The lowest BCUT2D eigenvalue weighted by atomic mass is 10.00. The molecular weight excluding hydrogens is 248 g/mol. The van der Waals surface area contributed by atoms with E-state index in [0.29, 0.717) is 12.1 Å². The Morgan fingerprint density at radius 2 is 1.80 bits per heavy atom. The van der Waals surface area contributed by atoms with Crippen LogP contribution in [0.3, 0.4) is 0 Å². The number of aromatic nitrogens is 2. The third-order valence-electron chi connectivity index (χ3n) is 3.30. The molecule has 0 amide bonds. The molecule has 3 heteroatoms. The Bertz CT molecular complexity index is 758. The first-order chi connectivity index (χ1) is 9.74. The number of hydrogen-bond donors (Lipinski definition) is 0. The molecule has 98 valence electrons. The van der Waals surface area contributed by atoms with E-state index >= 15 is 0 Å². The number of fused-ring (bicyclic) bond motifs is 1. The Labute approximate surface area is 117 Å². The van der Waals surface area contributed by atoms with Crippen LogP contribution in [0.15, 0.2) is 54.9 Å². The number of rotatable bonds is 3. The van der Waals surface area contributed by atoms with Crippen LogP contribution >= 0.6 is 0 Å². The predicted octanol–water partition coefficient (Wildman–Crippen LogP) is 3.36. The maximum Gasteiger partial charge on any atom is 0.187 e. The van der Waals surface area contributed by atoms with Gasteiger partial charge in [-0.15, -0.1) is 0 Å². The maximum absolute atomic E-state index is 12.3. The van der Waals surface area contributed by atoms with Crippen LogP contribution in [0, 0.1) is 6.92 Å². The van der Waals surface area contributed by atoms with Crippen molar-refractivity contribution >= 4 is 16.6 Å². The zero-order valence-electron chi connectivity index (χ0n) is 11.2. The van der Waals surface area contributed by atoms with Crippen molar-refractivity contribution in [2.75, 3.05) is 0 Å². The lowest BCUT2D eigenvalue weighted by Crippen LogP contribution is -2.07. The van der Waals surface area contributed by atoms with Crippen molar-refractivity contribution in [1.82, 2.24) is 9.97 Å². The zero-order valence-corrected chi connectivity index (χ0v) is 11.2. The molecule has 20 heavy (non-hydrogen) atoms. The topological polar surface area (TPSA) is 42.9 Å². The number of carbonyl (C=O) groups excluding carboxylic acids is 1. The summed E-state index contributed by atoms with van der Waals surface area (Å²) in [6, 6.07) is 14.1. The molecular formula is C17H14N2O. The van der Waals surface area contributed by atoms with Crippen LogP contribution < -0.4 is 0 Å². The van der Waals surface area contributed by atoms with Gasteiger partial charge in [0, 0.05) is 12.6 Å². The van der Waals surface area contributed by atoms with Crippen LogP contribution in [-0.4, -0.2) is 15.8 Å². The molecule has 0 fully saturated rings. The van der Waals surface area contributed by atoms with Crippen molar-refractivity contribution in [2.45, 2.75) is 13.3 Å². The van der Waals surface area contributed by atoms with Gasteiger partial charge < -0.3 is 0 Å². The van der Waals surface area contributed by atoms with E-state index in [1.165, 1.54) is 0 Å². The Morgan fingerprint density at radius 1 is 1.00 bits per heavy atom. The van der Waals surface area contributed by atoms with Gasteiger partial charge in [0.2, 0.25) is 0 Å². The molecule has 1 heterocycles. The maximum atomic E-state index is 12.3. The van der Waals surface area contributed by atoms with Crippen LogP contribution in [-0.2, 0) is 6.42 Å². The minimum absolute atomic E-state index is 0.00569. The van der Waals surface area contributed by atoms with Crippen LogP contribution in [0.2, 0.25) is 0 Å². The summed E-state index contributed by atoms with van der Waals surface area (Å²) >= 11 is 0. The van der Waals surface area contributed by atoms with E-state index in [1.54, 1.807) is 12.4 Å². The highest BCUT2D eigenvalue weighted by atomic mass is 16.1. The Balaban J connectivity index is 1.93. The lowest BCUT2D eigenvalue weighted by Gasteiger charge is -2.05. The summed E-state index contributed by atoms with van der Waals surface area (Å²) in [4.78, 5) is 20.5. The predicted molar refractivity (Wildman–Crippen MR) is 78.8 cm³/mol. The van der Waals surface area contributed by atoms with E-state index < -0.39 is 0 Å². The van der Waals surface area contributed by atoms with Crippen molar-refractivity contribution in [3.8, 4) is 0 Å². The number of aryl methyl sites for hydroxylation is 1. The second-order valence-corrected chi connectivity index (χ2v) is 4.78. The number of Topliss-reactive ketones (excluding diaryl/α,β-unsaturated/α-hetero) is 1. The van der Waals surface area contributed by atoms with Crippen molar-refractivity contribution in [2.24, 2.45) is 0 Å². The number of nitrogens with zero attached hydrogens (tertiary/aromatic N) is 2. The summed E-state index contributed by atoms with van der Waals surface area (Å²) in [6.07, 6.45) is 3.51. The fraction of sp³-hybridized carbons (Fsp3) is 0.118. The van der Waals surface area contributed by atoms with E-state index in [-0.39, 0.29) is 5.78 Å². The highest BCUT2D eigenvalue weighted by Crippen LogP contribution is 2.19.